The number of aryl methyl sites for hydroxylation is 1. The summed E-state index contributed by atoms with van der Waals surface area (Å²) in [6, 6.07) is 5.27. The highest BCUT2D eigenvalue weighted by molar-refractivity contribution is 6.31. The first-order valence-corrected chi connectivity index (χ1v) is 6.49. The number of carbonyl (C=O) groups excluding carboxylic acids is 1. The molecule has 0 aliphatic heterocycles. The van der Waals surface area contributed by atoms with Crippen molar-refractivity contribution in [2.45, 2.75) is 26.8 Å². The number of halogens is 2. The van der Waals surface area contributed by atoms with E-state index in [2.05, 4.69) is 5.32 Å². The van der Waals surface area contributed by atoms with Crippen molar-refractivity contribution in [3.05, 3.63) is 34.3 Å². The molecule has 0 bridgehead atoms. The number of hydrogen-bond acceptors (Lipinski definition) is 1. The van der Waals surface area contributed by atoms with Gasteiger partial charge in [0.05, 0.1) is 0 Å². The third kappa shape index (κ3) is 4.21. The molecule has 4 heteroatoms. The fourth-order valence-electron chi connectivity index (χ4n) is 1.50. The van der Waals surface area contributed by atoms with Gasteiger partial charge in [0.1, 0.15) is 0 Å². The Kier molecular flexibility index (Phi) is 5.29. The van der Waals surface area contributed by atoms with Gasteiger partial charge in [0.25, 0.3) is 5.91 Å². The quantitative estimate of drug-likeness (QED) is 0.834. The van der Waals surface area contributed by atoms with Crippen molar-refractivity contribution in [3.8, 4) is 0 Å². The van der Waals surface area contributed by atoms with Crippen LogP contribution in [0.2, 0.25) is 5.02 Å². The molecule has 0 aromatic heterocycles. The Hall–Kier alpha value is -0.730. The molecule has 1 rings (SSSR count). The van der Waals surface area contributed by atoms with Gasteiger partial charge in [0, 0.05) is 22.5 Å². The number of carbonyl (C=O) groups is 1. The van der Waals surface area contributed by atoms with Crippen molar-refractivity contribution in [1.29, 1.82) is 0 Å². The first-order valence-electron chi connectivity index (χ1n) is 5.58. The van der Waals surface area contributed by atoms with E-state index in [4.69, 9.17) is 23.2 Å². The third-order valence-electron chi connectivity index (χ3n) is 2.59. The van der Waals surface area contributed by atoms with E-state index in [9.17, 15) is 4.79 Å². The van der Waals surface area contributed by atoms with Gasteiger partial charge in [-0.05, 0) is 36.6 Å². The van der Waals surface area contributed by atoms with Crippen LogP contribution in [0.15, 0.2) is 18.2 Å². The summed E-state index contributed by atoms with van der Waals surface area (Å²) in [7, 11) is 0. The zero-order valence-corrected chi connectivity index (χ0v) is 11.8. The van der Waals surface area contributed by atoms with E-state index in [0.29, 0.717) is 22.4 Å². The minimum Gasteiger partial charge on any atom is -0.348 e. The van der Waals surface area contributed by atoms with Crippen LogP contribution in [0, 0.1) is 12.8 Å². The molecule has 1 unspecified atom stereocenters. The summed E-state index contributed by atoms with van der Waals surface area (Å²) in [6.45, 7) is 5.96. The van der Waals surface area contributed by atoms with Crippen molar-refractivity contribution in [3.63, 3.8) is 0 Å². The van der Waals surface area contributed by atoms with E-state index in [1.165, 1.54) is 0 Å². The number of benzene rings is 1. The average Bonchev–Trinajstić information content (AvgIpc) is 2.23. The highest BCUT2D eigenvalue weighted by Crippen LogP contribution is 2.15. The van der Waals surface area contributed by atoms with E-state index in [1.807, 2.05) is 32.9 Å². The lowest BCUT2D eigenvalue weighted by molar-refractivity contribution is 0.0931. The zero-order chi connectivity index (χ0) is 13.0. The monoisotopic (exact) mass is 273 g/mol. The van der Waals surface area contributed by atoms with Crippen LogP contribution < -0.4 is 5.32 Å². The molecule has 1 amide bonds. The lowest BCUT2D eigenvalue weighted by Gasteiger charge is -2.19. The Bertz CT molecular complexity index is 384. The predicted octanol–water partition coefficient (Wildman–Crippen LogP) is 3.64. The topological polar surface area (TPSA) is 29.1 Å². The Morgan fingerprint density at radius 3 is 2.47 bits per heavy atom. The smallest absolute Gasteiger partial charge is 0.251 e. The number of amides is 1. The van der Waals surface area contributed by atoms with E-state index >= 15 is 0 Å². The summed E-state index contributed by atoms with van der Waals surface area (Å²) in [5.41, 5.74) is 1.54. The van der Waals surface area contributed by atoms with Crippen LogP contribution in [-0.2, 0) is 0 Å². The molecule has 0 fully saturated rings. The fourth-order valence-corrected chi connectivity index (χ4v) is 2.23. The van der Waals surface area contributed by atoms with Crippen LogP contribution in [0.3, 0.4) is 0 Å². The molecular weight excluding hydrogens is 257 g/mol. The van der Waals surface area contributed by atoms with Crippen LogP contribution in [0.5, 0.6) is 0 Å². The molecule has 0 radical (unpaired) electrons. The summed E-state index contributed by atoms with van der Waals surface area (Å²) < 4.78 is 0. The molecule has 1 N–H and O–H groups in total. The van der Waals surface area contributed by atoms with Crippen LogP contribution in [0.25, 0.3) is 0 Å². The summed E-state index contributed by atoms with van der Waals surface area (Å²) in [6.07, 6.45) is 0. The Labute approximate surface area is 112 Å². The molecule has 0 heterocycles. The maximum absolute atomic E-state index is 12.0. The molecule has 0 saturated heterocycles. The number of rotatable bonds is 4. The SMILES string of the molecule is Cc1cc(Cl)cc(C(=O)NC(CCl)C(C)C)c1. The van der Waals surface area contributed by atoms with Gasteiger partial charge in [-0.1, -0.05) is 25.4 Å². The summed E-state index contributed by atoms with van der Waals surface area (Å²) >= 11 is 11.7. The average molecular weight is 274 g/mol. The molecule has 1 aromatic rings. The van der Waals surface area contributed by atoms with Gasteiger partial charge in [-0.25, -0.2) is 0 Å². The van der Waals surface area contributed by atoms with Crippen molar-refractivity contribution in [2.75, 3.05) is 5.88 Å². The molecule has 17 heavy (non-hydrogen) atoms. The molecule has 0 saturated carbocycles. The van der Waals surface area contributed by atoms with Crippen LogP contribution in [-0.4, -0.2) is 17.8 Å². The van der Waals surface area contributed by atoms with Gasteiger partial charge >= 0.3 is 0 Å². The van der Waals surface area contributed by atoms with Crippen LogP contribution >= 0.6 is 23.2 Å². The highest BCUT2D eigenvalue weighted by Gasteiger charge is 2.16. The fraction of sp³-hybridized carbons (Fsp3) is 0.462. The molecule has 0 aliphatic carbocycles. The summed E-state index contributed by atoms with van der Waals surface area (Å²) in [4.78, 5) is 12.0. The largest absolute Gasteiger partial charge is 0.348 e. The first-order chi connectivity index (χ1) is 7.93. The summed E-state index contributed by atoms with van der Waals surface area (Å²) in [5, 5.41) is 3.48. The molecule has 1 atom stereocenters. The maximum Gasteiger partial charge on any atom is 0.251 e. The molecule has 0 spiro atoms. The van der Waals surface area contributed by atoms with Crippen molar-refractivity contribution >= 4 is 29.1 Å². The van der Waals surface area contributed by atoms with Crippen molar-refractivity contribution in [2.24, 2.45) is 5.92 Å². The molecule has 1 aromatic carbocycles. The second-order valence-electron chi connectivity index (χ2n) is 4.50. The van der Waals surface area contributed by atoms with E-state index < -0.39 is 0 Å². The van der Waals surface area contributed by atoms with E-state index in [-0.39, 0.29) is 11.9 Å². The zero-order valence-electron chi connectivity index (χ0n) is 10.3. The van der Waals surface area contributed by atoms with Gasteiger partial charge in [-0.15, -0.1) is 11.6 Å². The first kappa shape index (κ1) is 14.3. The Morgan fingerprint density at radius 2 is 2.00 bits per heavy atom. The van der Waals surface area contributed by atoms with E-state index in [1.54, 1.807) is 6.07 Å². The van der Waals surface area contributed by atoms with Crippen molar-refractivity contribution in [1.82, 2.24) is 5.32 Å². The maximum atomic E-state index is 12.0. The predicted molar refractivity (Wildman–Crippen MR) is 73.0 cm³/mol. The second kappa shape index (κ2) is 6.27. The molecule has 2 nitrogen and oxygen atoms in total. The van der Waals surface area contributed by atoms with Gasteiger partial charge < -0.3 is 5.32 Å². The Balaban J connectivity index is 2.82. The van der Waals surface area contributed by atoms with E-state index in [0.717, 1.165) is 5.56 Å². The lowest BCUT2D eigenvalue weighted by Crippen LogP contribution is -2.39. The van der Waals surface area contributed by atoms with Gasteiger partial charge in [-0.2, -0.15) is 0 Å². The van der Waals surface area contributed by atoms with Crippen LogP contribution in [0.1, 0.15) is 29.8 Å². The lowest BCUT2D eigenvalue weighted by atomic mass is 10.1. The molecule has 0 aliphatic rings. The van der Waals surface area contributed by atoms with Gasteiger partial charge in [0.15, 0.2) is 0 Å². The molecular formula is C13H17Cl2NO. The minimum atomic E-state index is -0.130. The highest BCUT2D eigenvalue weighted by atomic mass is 35.5. The summed E-state index contributed by atoms with van der Waals surface area (Å²) in [5.74, 6) is 0.579. The number of alkyl halides is 1. The third-order valence-corrected chi connectivity index (χ3v) is 3.14. The standard InChI is InChI=1S/C13H17Cl2NO/c1-8(2)12(7-14)16-13(17)10-4-9(3)5-11(15)6-10/h4-6,8,12H,7H2,1-3H3,(H,16,17). The van der Waals surface area contributed by atoms with Gasteiger partial charge in [0.2, 0.25) is 0 Å². The second-order valence-corrected chi connectivity index (χ2v) is 5.24. The van der Waals surface area contributed by atoms with Crippen molar-refractivity contribution < 1.29 is 4.79 Å². The Morgan fingerprint density at radius 1 is 1.35 bits per heavy atom. The van der Waals surface area contributed by atoms with Gasteiger partial charge in [-0.3, -0.25) is 4.79 Å². The normalized spacial score (nSPS) is 12.6. The number of nitrogens with one attached hydrogen (secondary N) is 1. The molecule has 94 valence electrons. The van der Waals surface area contributed by atoms with Crippen LogP contribution in [0.4, 0.5) is 0 Å². The number of hydrogen-bond donors (Lipinski definition) is 1. The minimum absolute atomic E-state index is 0.0246.